The van der Waals surface area contributed by atoms with Gasteiger partial charge in [0.25, 0.3) is 10.0 Å². The van der Waals surface area contributed by atoms with Crippen molar-refractivity contribution in [3.05, 3.63) is 53.6 Å². The monoisotopic (exact) mass is 289 g/mol. The first-order valence-corrected chi connectivity index (χ1v) is 7.96. The minimum absolute atomic E-state index is 0.102. The molecule has 0 amide bonds. The number of phenolic OH excluding ortho intramolecular Hbond substituents is 1. The van der Waals surface area contributed by atoms with Gasteiger partial charge in [-0.25, -0.2) is 8.42 Å². The molecule has 0 heterocycles. The third-order valence-electron chi connectivity index (χ3n) is 3.50. The van der Waals surface area contributed by atoms with E-state index in [-0.39, 0.29) is 10.6 Å². The molecule has 5 heteroatoms. The summed E-state index contributed by atoms with van der Waals surface area (Å²) in [5.41, 5.74) is 2.80. The average molecular weight is 289 g/mol. The van der Waals surface area contributed by atoms with Crippen LogP contribution in [-0.2, 0) is 22.9 Å². The molecule has 2 N–H and O–H groups in total. The minimum atomic E-state index is -3.58. The van der Waals surface area contributed by atoms with Crippen LogP contribution in [0, 0.1) is 0 Å². The highest BCUT2D eigenvalue weighted by molar-refractivity contribution is 7.92. The van der Waals surface area contributed by atoms with Crippen molar-refractivity contribution in [2.75, 3.05) is 4.72 Å². The van der Waals surface area contributed by atoms with Crippen LogP contribution in [0.15, 0.2) is 47.4 Å². The van der Waals surface area contributed by atoms with E-state index in [0.717, 1.165) is 24.8 Å². The van der Waals surface area contributed by atoms with Gasteiger partial charge in [-0.1, -0.05) is 6.07 Å². The molecule has 0 spiro atoms. The fraction of sp³-hybridized carbons (Fsp3) is 0.200. The molecule has 0 saturated heterocycles. The van der Waals surface area contributed by atoms with Crippen LogP contribution in [0.3, 0.4) is 0 Å². The van der Waals surface area contributed by atoms with Crippen molar-refractivity contribution < 1.29 is 13.5 Å². The molecule has 104 valence electrons. The SMILES string of the molecule is O=S(=O)(Nc1ccc(O)cc1)c1ccc2c(c1)CCC2. The lowest BCUT2D eigenvalue weighted by Crippen LogP contribution is -2.13. The summed E-state index contributed by atoms with van der Waals surface area (Å²) in [5, 5.41) is 9.20. The van der Waals surface area contributed by atoms with Gasteiger partial charge in [-0.15, -0.1) is 0 Å². The van der Waals surface area contributed by atoms with Gasteiger partial charge in [0.05, 0.1) is 4.90 Å². The van der Waals surface area contributed by atoms with Crippen molar-refractivity contribution in [2.24, 2.45) is 0 Å². The van der Waals surface area contributed by atoms with E-state index >= 15 is 0 Å². The molecule has 0 bridgehead atoms. The zero-order valence-electron chi connectivity index (χ0n) is 10.8. The smallest absolute Gasteiger partial charge is 0.261 e. The van der Waals surface area contributed by atoms with Gasteiger partial charge in [-0.05, 0) is 66.8 Å². The van der Waals surface area contributed by atoms with Crippen molar-refractivity contribution in [2.45, 2.75) is 24.2 Å². The van der Waals surface area contributed by atoms with E-state index in [2.05, 4.69) is 4.72 Å². The maximum atomic E-state index is 12.3. The first-order chi connectivity index (χ1) is 9.54. The van der Waals surface area contributed by atoms with Crippen molar-refractivity contribution in [3.63, 3.8) is 0 Å². The van der Waals surface area contributed by atoms with E-state index in [9.17, 15) is 13.5 Å². The van der Waals surface area contributed by atoms with Crippen LogP contribution in [0.25, 0.3) is 0 Å². The summed E-state index contributed by atoms with van der Waals surface area (Å²) in [6.45, 7) is 0. The first-order valence-electron chi connectivity index (χ1n) is 6.48. The molecule has 0 atom stereocenters. The molecule has 0 aliphatic heterocycles. The number of fused-ring (bicyclic) bond motifs is 1. The molecule has 0 radical (unpaired) electrons. The summed E-state index contributed by atoms with van der Waals surface area (Å²) < 4.78 is 27.1. The van der Waals surface area contributed by atoms with Crippen LogP contribution < -0.4 is 4.72 Å². The molecule has 1 aliphatic rings. The predicted molar refractivity (Wildman–Crippen MR) is 77.4 cm³/mol. The molecule has 4 nitrogen and oxygen atoms in total. The number of phenols is 1. The zero-order chi connectivity index (χ0) is 14.2. The van der Waals surface area contributed by atoms with Crippen LogP contribution in [0.4, 0.5) is 5.69 Å². The summed E-state index contributed by atoms with van der Waals surface area (Å²) in [6, 6.07) is 11.2. The fourth-order valence-electron chi connectivity index (χ4n) is 2.46. The second-order valence-electron chi connectivity index (χ2n) is 4.94. The van der Waals surface area contributed by atoms with Gasteiger partial charge in [-0.3, -0.25) is 4.72 Å². The summed E-state index contributed by atoms with van der Waals surface area (Å²) in [6.07, 6.45) is 3.06. The molecule has 2 aromatic rings. The number of hydrogen-bond donors (Lipinski definition) is 2. The summed E-state index contributed by atoms with van der Waals surface area (Å²) in [5.74, 6) is 0.102. The number of benzene rings is 2. The number of nitrogens with one attached hydrogen (secondary N) is 1. The topological polar surface area (TPSA) is 66.4 Å². The third kappa shape index (κ3) is 2.49. The average Bonchev–Trinajstić information content (AvgIpc) is 2.88. The molecule has 0 fully saturated rings. The van der Waals surface area contributed by atoms with Gasteiger partial charge < -0.3 is 5.11 Å². The van der Waals surface area contributed by atoms with E-state index in [0.29, 0.717) is 5.69 Å². The Morgan fingerprint density at radius 3 is 2.40 bits per heavy atom. The number of anilines is 1. The number of hydrogen-bond acceptors (Lipinski definition) is 3. The molecule has 3 rings (SSSR count). The minimum Gasteiger partial charge on any atom is -0.508 e. The van der Waals surface area contributed by atoms with Gasteiger partial charge in [0, 0.05) is 5.69 Å². The van der Waals surface area contributed by atoms with E-state index in [1.807, 2.05) is 6.07 Å². The molecule has 0 aromatic heterocycles. The zero-order valence-corrected chi connectivity index (χ0v) is 11.7. The van der Waals surface area contributed by atoms with Crippen LogP contribution >= 0.6 is 0 Å². The van der Waals surface area contributed by atoms with Gasteiger partial charge in [0.1, 0.15) is 5.75 Å². The maximum absolute atomic E-state index is 12.3. The van der Waals surface area contributed by atoms with Crippen LogP contribution in [0.1, 0.15) is 17.5 Å². The summed E-state index contributed by atoms with van der Waals surface area (Å²) in [4.78, 5) is 0.284. The Bertz CT molecular complexity index is 736. The van der Waals surface area contributed by atoms with Gasteiger partial charge in [-0.2, -0.15) is 0 Å². The van der Waals surface area contributed by atoms with Crippen molar-refractivity contribution in [1.82, 2.24) is 0 Å². The highest BCUT2D eigenvalue weighted by Gasteiger charge is 2.18. The molecule has 0 unspecified atom stereocenters. The van der Waals surface area contributed by atoms with E-state index in [1.165, 1.54) is 29.8 Å². The quantitative estimate of drug-likeness (QED) is 0.854. The van der Waals surface area contributed by atoms with Crippen molar-refractivity contribution in [1.29, 1.82) is 0 Å². The largest absolute Gasteiger partial charge is 0.508 e. The normalized spacial score (nSPS) is 14.0. The first kappa shape index (κ1) is 13.0. The standard InChI is InChI=1S/C15H15NO3S/c17-14-7-5-13(6-8-14)16-20(18,19)15-9-4-11-2-1-3-12(11)10-15/h4-10,16-17H,1-3H2. The lowest BCUT2D eigenvalue weighted by Gasteiger charge is -2.09. The highest BCUT2D eigenvalue weighted by atomic mass is 32.2. The van der Waals surface area contributed by atoms with Crippen molar-refractivity contribution >= 4 is 15.7 Å². The Morgan fingerprint density at radius 2 is 1.65 bits per heavy atom. The number of aromatic hydroxyl groups is 1. The van der Waals surface area contributed by atoms with Gasteiger partial charge in [0.2, 0.25) is 0 Å². The van der Waals surface area contributed by atoms with Gasteiger partial charge in [0.15, 0.2) is 0 Å². The number of aryl methyl sites for hydroxylation is 2. The summed E-state index contributed by atoms with van der Waals surface area (Å²) in [7, 11) is -3.58. The Morgan fingerprint density at radius 1 is 0.950 bits per heavy atom. The molecule has 2 aromatic carbocycles. The lowest BCUT2D eigenvalue weighted by molar-refractivity contribution is 0.475. The molecular formula is C15H15NO3S. The van der Waals surface area contributed by atoms with Gasteiger partial charge >= 0.3 is 0 Å². The Kier molecular flexibility index (Phi) is 3.14. The Balaban J connectivity index is 1.90. The second kappa shape index (κ2) is 4.83. The fourth-order valence-corrected chi connectivity index (χ4v) is 3.57. The third-order valence-corrected chi connectivity index (χ3v) is 4.88. The summed E-state index contributed by atoms with van der Waals surface area (Å²) >= 11 is 0. The maximum Gasteiger partial charge on any atom is 0.261 e. The molecule has 1 aliphatic carbocycles. The predicted octanol–water partition coefficient (Wildman–Crippen LogP) is 2.68. The molecule has 0 saturated carbocycles. The number of sulfonamides is 1. The van der Waals surface area contributed by atoms with Crippen molar-refractivity contribution in [3.8, 4) is 5.75 Å². The van der Waals surface area contributed by atoms with Crippen LogP contribution in [0.2, 0.25) is 0 Å². The molecular weight excluding hydrogens is 274 g/mol. The van der Waals surface area contributed by atoms with E-state index < -0.39 is 10.0 Å². The Hall–Kier alpha value is -2.01. The second-order valence-corrected chi connectivity index (χ2v) is 6.62. The Labute approximate surface area is 118 Å². The number of rotatable bonds is 3. The lowest BCUT2D eigenvalue weighted by atomic mass is 10.1. The van der Waals surface area contributed by atoms with Crippen LogP contribution in [-0.4, -0.2) is 13.5 Å². The van der Waals surface area contributed by atoms with Crippen LogP contribution in [0.5, 0.6) is 5.75 Å². The molecule has 20 heavy (non-hydrogen) atoms. The van der Waals surface area contributed by atoms with E-state index in [4.69, 9.17) is 0 Å². The van der Waals surface area contributed by atoms with E-state index in [1.54, 1.807) is 12.1 Å². The highest BCUT2D eigenvalue weighted by Crippen LogP contribution is 2.26.